The lowest BCUT2D eigenvalue weighted by Gasteiger charge is -2.25. The average Bonchev–Trinajstić information content (AvgIpc) is 3.35. The van der Waals surface area contributed by atoms with Crippen molar-refractivity contribution in [1.29, 1.82) is 0 Å². The molecule has 5 aromatic rings. The second kappa shape index (κ2) is 14.1. The predicted octanol–water partition coefficient (Wildman–Crippen LogP) is 7.49. The number of hydrogen-bond acceptors (Lipinski definition) is 6. The summed E-state index contributed by atoms with van der Waals surface area (Å²) in [6.45, 7) is 2.35. The van der Waals surface area contributed by atoms with Crippen molar-refractivity contribution in [2.24, 2.45) is 4.99 Å². The number of esters is 1. The van der Waals surface area contributed by atoms with Crippen LogP contribution in [0.4, 0.5) is 0 Å². The summed E-state index contributed by atoms with van der Waals surface area (Å²) in [5.74, 6) is 0.195. The van der Waals surface area contributed by atoms with Gasteiger partial charge in [0.1, 0.15) is 12.4 Å². The summed E-state index contributed by atoms with van der Waals surface area (Å²) in [5.41, 5.74) is 3.97. The van der Waals surface area contributed by atoms with E-state index >= 15 is 0 Å². The summed E-state index contributed by atoms with van der Waals surface area (Å²) in [4.78, 5) is 33.4. The molecule has 6 nitrogen and oxygen atoms in total. The van der Waals surface area contributed by atoms with Crippen molar-refractivity contribution in [1.82, 2.24) is 4.57 Å². The van der Waals surface area contributed by atoms with Crippen LogP contribution in [-0.2, 0) is 16.1 Å². The van der Waals surface area contributed by atoms with Gasteiger partial charge in [-0.3, -0.25) is 9.36 Å². The van der Waals surface area contributed by atoms with E-state index in [2.05, 4.69) is 61.1 Å². The van der Waals surface area contributed by atoms with E-state index in [1.807, 2.05) is 103 Å². The standard InChI is InChI=1S/C35H25BrI2N2O4S/c1-2-43-34(42)29-30(22-9-5-3-6-10-22)39-35-40(31(29)23-11-7-4-8-12-23)33(41)28(45-35)18-24-17-26(37)19-27(38)32(24)44-20-21-13-15-25(36)16-14-21/h3-19,31H,2,20H2,1H3/b28-18-/t31-/m1/s1. The van der Waals surface area contributed by atoms with Gasteiger partial charge >= 0.3 is 5.97 Å². The minimum atomic E-state index is -0.719. The summed E-state index contributed by atoms with van der Waals surface area (Å²) in [7, 11) is 0. The molecule has 1 aliphatic rings. The quantitative estimate of drug-likeness (QED) is 0.120. The molecule has 4 aromatic carbocycles. The highest BCUT2D eigenvalue weighted by atomic mass is 127. The number of carbonyl (C=O) groups is 1. The lowest BCUT2D eigenvalue weighted by molar-refractivity contribution is -0.138. The van der Waals surface area contributed by atoms with Crippen LogP contribution in [0.15, 0.2) is 117 Å². The summed E-state index contributed by atoms with van der Waals surface area (Å²) in [6.07, 6.45) is 1.86. The number of rotatable bonds is 8. The molecular weight excluding hydrogens is 878 g/mol. The summed E-state index contributed by atoms with van der Waals surface area (Å²) in [5, 5.41) is 0. The van der Waals surface area contributed by atoms with Gasteiger partial charge in [0.25, 0.3) is 5.56 Å². The van der Waals surface area contributed by atoms with E-state index in [9.17, 15) is 9.59 Å². The Balaban J connectivity index is 1.54. The molecule has 2 heterocycles. The van der Waals surface area contributed by atoms with E-state index in [-0.39, 0.29) is 12.2 Å². The molecule has 0 radical (unpaired) electrons. The summed E-state index contributed by atoms with van der Waals surface area (Å²) < 4.78 is 17.0. The van der Waals surface area contributed by atoms with Crippen LogP contribution in [0.25, 0.3) is 11.8 Å². The number of fused-ring (bicyclic) bond motifs is 1. The average molecular weight is 903 g/mol. The maximum atomic E-state index is 14.3. The topological polar surface area (TPSA) is 69.9 Å². The van der Waals surface area contributed by atoms with Gasteiger partial charge in [-0.25, -0.2) is 9.79 Å². The zero-order valence-electron chi connectivity index (χ0n) is 23.9. The first-order chi connectivity index (χ1) is 21.8. The Hall–Kier alpha value is -3.07. The van der Waals surface area contributed by atoms with Crippen LogP contribution < -0.4 is 19.6 Å². The largest absolute Gasteiger partial charge is 0.487 e. The zero-order valence-corrected chi connectivity index (χ0v) is 30.6. The van der Waals surface area contributed by atoms with Crippen molar-refractivity contribution in [3.05, 3.63) is 156 Å². The molecule has 0 amide bonds. The maximum Gasteiger partial charge on any atom is 0.338 e. The van der Waals surface area contributed by atoms with Crippen LogP contribution in [0.2, 0.25) is 0 Å². The molecule has 0 N–H and O–H groups in total. The van der Waals surface area contributed by atoms with Gasteiger partial charge in [0.05, 0.1) is 32.0 Å². The molecule has 0 unspecified atom stereocenters. The molecule has 6 rings (SSSR count). The third-order valence-electron chi connectivity index (χ3n) is 7.11. The molecule has 0 saturated carbocycles. The van der Waals surface area contributed by atoms with Gasteiger partial charge in [0, 0.05) is 19.2 Å². The van der Waals surface area contributed by atoms with Crippen molar-refractivity contribution >= 4 is 90.2 Å². The monoisotopic (exact) mass is 902 g/mol. The number of halogens is 3. The Morgan fingerprint density at radius 3 is 2.38 bits per heavy atom. The fourth-order valence-electron chi connectivity index (χ4n) is 5.11. The van der Waals surface area contributed by atoms with Crippen molar-refractivity contribution in [3.8, 4) is 5.75 Å². The first-order valence-corrected chi connectivity index (χ1v) is 17.8. The van der Waals surface area contributed by atoms with E-state index in [1.165, 1.54) is 11.3 Å². The van der Waals surface area contributed by atoms with E-state index in [1.54, 1.807) is 11.5 Å². The molecule has 1 aliphatic heterocycles. The van der Waals surface area contributed by atoms with Crippen molar-refractivity contribution in [3.63, 3.8) is 0 Å². The van der Waals surface area contributed by atoms with E-state index in [0.29, 0.717) is 33.0 Å². The van der Waals surface area contributed by atoms with Gasteiger partial charge in [0.15, 0.2) is 4.80 Å². The van der Waals surface area contributed by atoms with E-state index in [4.69, 9.17) is 14.5 Å². The highest BCUT2D eigenvalue weighted by molar-refractivity contribution is 14.1. The Kier molecular flexibility index (Phi) is 10.0. The number of thiazole rings is 1. The van der Waals surface area contributed by atoms with Gasteiger partial charge in [-0.05, 0) is 93.6 Å². The Morgan fingerprint density at radius 1 is 1.00 bits per heavy atom. The number of carbonyl (C=O) groups excluding carboxylic acids is 1. The highest BCUT2D eigenvalue weighted by Crippen LogP contribution is 2.35. The minimum absolute atomic E-state index is 0.199. The smallest absolute Gasteiger partial charge is 0.338 e. The minimum Gasteiger partial charge on any atom is -0.487 e. The zero-order chi connectivity index (χ0) is 31.5. The highest BCUT2D eigenvalue weighted by Gasteiger charge is 2.35. The second-order valence-electron chi connectivity index (χ2n) is 10.1. The molecular formula is C35H25BrI2N2O4S. The van der Waals surface area contributed by atoms with Gasteiger partial charge < -0.3 is 9.47 Å². The SMILES string of the molecule is CCOC(=O)C1=C(c2ccccc2)N=c2s/c(=C\c3cc(I)cc(I)c3OCc3ccc(Br)cc3)c(=O)n2[C@@H]1c1ccccc1. The molecule has 1 atom stereocenters. The molecule has 45 heavy (non-hydrogen) atoms. The van der Waals surface area contributed by atoms with Crippen LogP contribution in [0.1, 0.15) is 35.2 Å². The van der Waals surface area contributed by atoms with Crippen molar-refractivity contribution in [2.45, 2.75) is 19.6 Å². The van der Waals surface area contributed by atoms with Gasteiger partial charge in [-0.2, -0.15) is 0 Å². The lowest BCUT2D eigenvalue weighted by atomic mass is 9.93. The van der Waals surface area contributed by atoms with Gasteiger partial charge in [-0.1, -0.05) is 100 Å². The molecule has 0 aliphatic carbocycles. The lowest BCUT2D eigenvalue weighted by Crippen LogP contribution is -2.40. The Morgan fingerprint density at radius 2 is 1.69 bits per heavy atom. The predicted molar refractivity (Wildman–Crippen MR) is 198 cm³/mol. The van der Waals surface area contributed by atoms with Crippen molar-refractivity contribution < 1.29 is 14.3 Å². The molecule has 0 saturated heterocycles. The maximum absolute atomic E-state index is 14.3. The fourth-order valence-corrected chi connectivity index (χ4v) is 8.41. The first kappa shape index (κ1) is 31.9. The molecule has 0 bridgehead atoms. The van der Waals surface area contributed by atoms with Gasteiger partial charge in [0.2, 0.25) is 0 Å². The third-order valence-corrected chi connectivity index (χ3v) is 10.0. The van der Waals surface area contributed by atoms with E-state index < -0.39 is 12.0 Å². The number of nitrogens with zero attached hydrogens (tertiary/aromatic N) is 2. The van der Waals surface area contributed by atoms with Crippen LogP contribution in [0.5, 0.6) is 5.75 Å². The van der Waals surface area contributed by atoms with Crippen molar-refractivity contribution in [2.75, 3.05) is 6.61 Å². The molecule has 226 valence electrons. The second-order valence-corrected chi connectivity index (χ2v) is 14.4. The van der Waals surface area contributed by atoms with Crippen LogP contribution in [0, 0.1) is 7.14 Å². The Bertz CT molecular complexity index is 2090. The van der Waals surface area contributed by atoms with Gasteiger partial charge in [-0.15, -0.1) is 0 Å². The van der Waals surface area contributed by atoms with Crippen LogP contribution in [0.3, 0.4) is 0 Å². The van der Waals surface area contributed by atoms with Crippen LogP contribution in [-0.4, -0.2) is 17.1 Å². The fraction of sp³-hybridized carbons (Fsp3) is 0.114. The third kappa shape index (κ3) is 6.88. The number of benzene rings is 4. The molecule has 0 fully saturated rings. The summed E-state index contributed by atoms with van der Waals surface area (Å²) in [6, 6.07) is 30.4. The van der Waals surface area contributed by atoms with E-state index in [0.717, 1.165) is 33.9 Å². The number of ether oxygens (including phenoxy) is 2. The number of aromatic nitrogens is 1. The van der Waals surface area contributed by atoms with Crippen LogP contribution >= 0.6 is 72.4 Å². The molecule has 1 aromatic heterocycles. The molecule has 0 spiro atoms. The molecule has 10 heteroatoms. The first-order valence-electron chi connectivity index (χ1n) is 14.0. The summed E-state index contributed by atoms with van der Waals surface area (Å²) >= 11 is 9.32. The normalized spacial score (nSPS) is 14.6. The Labute approximate surface area is 299 Å². The number of hydrogen-bond donors (Lipinski definition) is 0.